The van der Waals surface area contributed by atoms with Crippen LogP contribution in [0.3, 0.4) is 0 Å². The lowest BCUT2D eigenvalue weighted by molar-refractivity contribution is -0.138. The molecule has 0 radical (unpaired) electrons. The molecule has 1 fully saturated rings. The predicted molar refractivity (Wildman–Crippen MR) is 115 cm³/mol. The molecule has 4 amide bonds. The van der Waals surface area contributed by atoms with Gasteiger partial charge in [0.2, 0.25) is 23.6 Å². The first-order valence-electron chi connectivity index (χ1n) is 10.1. The fraction of sp³-hybridized carbons (Fsp3) is 0.261. The van der Waals surface area contributed by atoms with Gasteiger partial charge in [-0.1, -0.05) is 42.5 Å². The van der Waals surface area contributed by atoms with Gasteiger partial charge in [0.25, 0.3) is 0 Å². The Morgan fingerprint density at radius 3 is 2.22 bits per heavy atom. The molecule has 0 aromatic heterocycles. The predicted octanol–water partition coefficient (Wildman–Crippen LogP) is -0.313. The lowest BCUT2D eigenvalue weighted by Crippen LogP contribution is -2.63. The van der Waals surface area contributed by atoms with Crippen molar-refractivity contribution < 1.29 is 19.2 Å². The Morgan fingerprint density at radius 2 is 1.59 bits per heavy atom. The molecule has 2 aromatic rings. The first kappa shape index (κ1) is 22.5. The number of primary amides is 1. The monoisotopic (exact) mass is 433 g/mol. The van der Waals surface area contributed by atoms with Gasteiger partial charge in [-0.25, -0.2) is 0 Å². The van der Waals surface area contributed by atoms with E-state index in [-0.39, 0.29) is 18.7 Å². The minimum atomic E-state index is -1.04. The highest BCUT2D eigenvalue weighted by atomic mass is 16.2. The molecule has 1 aliphatic rings. The van der Waals surface area contributed by atoms with E-state index in [0.29, 0.717) is 17.5 Å². The number of benzene rings is 2. The zero-order valence-corrected chi connectivity index (χ0v) is 17.2. The smallest absolute Gasteiger partial charge is 0.243 e. The second-order valence-corrected chi connectivity index (χ2v) is 7.55. The summed E-state index contributed by atoms with van der Waals surface area (Å²) in [6, 6.07) is 15.0. The van der Waals surface area contributed by atoms with Crippen LogP contribution in [0.4, 0.5) is 0 Å². The Hall–Kier alpha value is -4.19. The van der Waals surface area contributed by atoms with Gasteiger partial charge in [-0.15, -0.1) is 0 Å². The number of amides is 4. The molecule has 1 heterocycles. The molecule has 3 atom stereocenters. The summed E-state index contributed by atoms with van der Waals surface area (Å²) in [5.74, 6) is -2.18. The third-order valence-electron chi connectivity index (χ3n) is 5.14. The van der Waals surface area contributed by atoms with Crippen LogP contribution in [0.25, 0.3) is 0 Å². The molecule has 164 valence electrons. The minimum absolute atomic E-state index is 0.134. The van der Waals surface area contributed by atoms with E-state index in [1.54, 1.807) is 24.3 Å². The molecule has 1 aliphatic heterocycles. The molecule has 1 saturated heterocycles. The Morgan fingerprint density at radius 1 is 0.969 bits per heavy atom. The Bertz CT molecular complexity index is 1050. The number of hydrogen-bond acceptors (Lipinski definition) is 5. The third kappa shape index (κ3) is 5.92. The van der Waals surface area contributed by atoms with E-state index in [0.717, 1.165) is 5.56 Å². The summed E-state index contributed by atoms with van der Waals surface area (Å²) in [5, 5.41) is 16.6. The van der Waals surface area contributed by atoms with Crippen LogP contribution in [0.2, 0.25) is 0 Å². The van der Waals surface area contributed by atoms with Crippen molar-refractivity contribution in [1.82, 2.24) is 16.0 Å². The van der Waals surface area contributed by atoms with Crippen molar-refractivity contribution in [2.45, 2.75) is 37.4 Å². The van der Waals surface area contributed by atoms with E-state index < -0.39 is 35.8 Å². The number of nitrogens with one attached hydrogen (secondary N) is 3. The normalized spacial score (nSPS) is 18.6. The van der Waals surface area contributed by atoms with Crippen molar-refractivity contribution in [1.29, 1.82) is 5.26 Å². The van der Waals surface area contributed by atoms with Crippen molar-refractivity contribution in [2.24, 2.45) is 5.73 Å². The van der Waals surface area contributed by atoms with Crippen LogP contribution in [0.5, 0.6) is 0 Å². The third-order valence-corrected chi connectivity index (χ3v) is 5.14. The maximum atomic E-state index is 12.4. The number of piperazine rings is 1. The molecule has 0 spiro atoms. The molecule has 2 aromatic carbocycles. The van der Waals surface area contributed by atoms with Gasteiger partial charge in [0.1, 0.15) is 18.1 Å². The molecule has 0 bridgehead atoms. The van der Waals surface area contributed by atoms with Gasteiger partial charge in [-0.3, -0.25) is 19.2 Å². The van der Waals surface area contributed by atoms with Gasteiger partial charge in [-0.2, -0.15) is 5.26 Å². The highest BCUT2D eigenvalue weighted by Crippen LogP contribution is 2.10. The summed E-state index contributed by atoms with van der Waals surface area (Å²) >= 11 is 0. The number of nitrogens with zero attached hydrogens (tertiary/aromatic N) is 1. The standard InChI is InChI=1S/C23H23N5O4/c24-13-16-8-6-15(7-9-16)10-17(21(25)30)26-20(29)12-19-23(32)27-18(22(31)28-19)11-14-4-2-1-3-5-14/h1-9,17-19H,10-12H2,(H2,25,30)(H,26,29)(H,27,32)(H,28,31)/t17-,18-,19-/m0/s1. The summed E-state index contributed by atoms with van der Waals surface area (Å²) in [7, 11) is 0. The molecule has 3 rings (SSSR count). The second kappa shape index (κ2) is 10.2. The van der Waals surface area contributed by atoms with Crippen LogP contribution in [0.1, 0.15) is 23.1 Å². The highest BCUT2D eigenvalue weighted by Gasteiger charge is 2.35. The van der Waals surface area contributed by atoms with E-state index >= 15 is 0 Å². The van der Waals surface area contributed by atoms with Crippen molar-refractivity contribution in [3.05, 3.63) is 71.3 Å². The number of nitrogens with two attached hydrogens (primary N) is 1. The summed E-state index contributed by atoms with van der Waals surface area (Å²) in [6.45, 7) is 0. The van der Waals surface area contributed by atoms with E-state index in [1.165, 1.54) is 0 Å². The molecule has 5 N–H and O–H groups in total. The van der Waals surface area contributed by atoms with Gasteiger partial charge in [-0.05, 0) is 23.3 Å². The van der Waals surface area contributed by atoms with Crippen LogP contribution in [-0.4, -0.2) is 41.8 Å². The largest absolute Gasteiger partial charge is 0.368 e. The molecule has 9 heteroatoms. The fourth-order valence-corrected chi connectivity index (χ4v) is 3.43. The Kier molecular flexibility index (Phi) is 7.18. The van der Waals surface area contributed by atoms with Crippen LogP contribution in [-0.2, 0) is 32.0 Å². The highest BCUT2D eigenvalue weighted by molar-refractivity contribution is 5.99. The van der Waals surface area contributed by atoms with Crippen molar-refractivity contribution in [2.75, 3.05) is 0 Å². The van der Waals surface area contributed by atoms with Crippen LogP contribution in [0.15, 0.2) is 54.6 Å². The summed E-state index contributed by atoms with van der Waals surface area (Å²) in [5.41, 5.74) is 7.49. The van der Waals surface area contributed by atoms with Crippen LogP contribution in [0, 0.1) is 11.3 Å². The molecular formula is C23H23N5O4. The molecule has 9 nitrogen and oxygen atoms in total. The minimum Gasteiger partial charge on any atom is -0.368 e. The maximum Gasteiger partial charge on any atom is 0.243 e. The fourth-order valence-electron chi connectivity index (χ4n) is 3.43. The molecule has 0 unspecified atom stereocenters. The average Bonchev–Trinajstić information content (AvgIpc) is 2.78. The molecule has 32 heavy (non-hydrogen) atoms. The van der Waals surface area contributed by atoms with E-state index in [9.17, 15) is 19.2 Å². The summed E-state index contributed by atoms with van der Waals surface area (Å²) in [4.78, 5) is 49.1. The quantitative estimate of drug-likeness (QED) is 0.449. The van der Waals surface area contributed by atoms with Gasteiger partial charge >= 0.3 is 0 Å². The van der Waals surface area contributed by atoms with E-state index in [2.05, 4.69) is 16.0 Å². The molecular weight excluding hydrogens is 410 g/mol. The molecule has 0 saturated carbocycles. The topological polar surface area (TPSA) is 154 Å². The number of rotatable bonds is 8. The van der Waals surface area contributed by atoms with E-state index in [1.807, 2.05) is 36.4 Å². The second-order valence-electron chi connectivity index (χ2n) is 7.55. The van der Waals surface area contributed by atoms with Gasteiger partial charge in [0.15, 0.2) is 0 Å². The zero-order valence-electron chi connectivity index (χ0n) is 17.2. The number of nitriles is 1. The van der Waals surface area contributed by atoms with Gasteiger partial charge in [0, 0.05) is 12.8 Å². The SMILES string of the molecule is N#Cc1ccc(C[C@H](NC(=O)C[C@@H]2NC(=O)[C@H](Cc3ccccc3)NC2=O)C(N)=O)cc1. The van der Waals surface area contributed by atoms with Gasteiger partial charge < -0.3 is 21.7 Å². The lowest BCUT2D eigenvalue weighted by atomic mass is 10.0. The van der Waals surface area contributed by atoms with Crippen molar-refractivity contribution in [3.8, 4) is 6.07 Å². The van der Waals surface area contributed by atoms with Crippen molar-refractivity contribution in [3.63, 3.8) is 0 Å². The van der Waals surface area contributed by atoms with Crippen molar-refractivity contribution >= 4 is 23.6 Å². The van der Waals surface area contributed by atoms with Gasteiger partial charge in [0.05, 0.1) is 18.1 Å². The average molecular weight is 433 g/mol. The lowest BCUT2D eigenvalue weighted by Gasteiger charge is -2.29. The first-order valence-corrected chi connectivity index (χ1v) is 10.1. The number of carbonyl (C=O) groups is 4. The maximum absolute atomic E-state index is 12.4. The zero-order chi connectivity index (χ0) is 23.1. The number of hydrogen-bond donors (Lipinski definition) is 4. The molecule has 0 aliphatic carbocycles. The van der Waals surface area contributed by atoms with E-state index in [4.69, 9.17) is 11.0 Å². The van der Waals surface area contributed by atoms with Crippen LogP contribution >= 0.6 is 0 Å². The van der Waals surface area contributed by atoms with Crippen LogP contribution < -0.4 is 21.7 Å². The first-order chi connectivity index (χ1) is 15.4. The number of carbonyl (C=O) groups excluding carboxylic acids is 4. The summed E-state index contributed by atoms with van der Waals surface area (Å²) in [6.07, 6.45) is 0.146. The summed E-state index contributed by atoms with van der Waals surface area (Å²) < 4.78 is 0. The Balaban J connectivity index is 1.55. The Labute approximate surface area is 185 Å².